The molecule has 1 unspecified atom stereocenters. The average Bonchev–Trinajstić information content (AvgIpc) is 4.09. The Morgan fingerprint density at radius 1 is 0.855 bits per heavy atom. The van der Waals surface area contributed by atoms with Crippen LogP contribution in [0.5, 0.6) is 23.0 Å². The Balaban J connectivity index is 0.767. The Morgan fingerprint density at radius 3 is 2.18 bits per heavy atom. The quantitative estimate of drug-likeness (QED) is 0.0511. The smallest absolute Gasteiger partial charge is 0.257 e. The number of anilines is 3. The number of pyridine rings is 1. The van der Waals surface area contributed by atoms with Crippen molar-refractivity contribution in [3.8, 4) is 23.0 Å². The third-order valence-electron chi connectivity index (χ3n) is 11.4. The minimum Gasteiger partial charge on any atom is -0.506 e. The molecular formula is C46H46FN7O8. The monoisotopic (exact) mass is 843 g/mol. The Hall–Kier alpha value is -7.07. The fourth-order valence-corrected chi connectivity index (χ4v) is 7.69. The largest absolute Gasteiger partial charge is 0.506 e. The number of halogens is 1. The van der Waals surface area contributed by atoms with Crippen molar-refractivity contribution in [1.29, 1.82) is 0 Å². The zero-order valence-electron chi connectivity index (χ0n) is 33.8. The van der Waals surface area contributed by atoms with Gasteiger partial charge < -0.3 is 35.4 Å². The van der Waals surface area contributed by atoms with Crippen molar-refractivity contribution in [3.05, 3.63) is 109 Å². The number of rotatable bonds is 15. The lowest BCUT2D eigenvalue weighted by Gasteiger charge is -2.36. The van der Waals surface area contributed by atoms with Gasteiger partial charge in [0.05, 0.1) is 17.1 Å². The molecule has 62 heavy (non-hydrogen) atoms. The van der Waals surface area contributed by atoms with Crippen LogP contribution in [0.1, 0.15) is 43.6 Å². The SMILES string of the molecule is O=C(COc1ccc(C2CCC(=O)NC2=O)cc1)NCCCN1CCN(c2cc3nccc(Oc4ccc(NC(=O)C5(C(=O)Nc6ccc(F)cc6)CC5)cc4)c3cc2O)CC1. The molecule has 320 valence electrons. The van der Waals surface area contributed by atoms with E-state index in [4.69, 9.17) is 9.47 Å². The number of phenolic OH excluding ortho intramolecular Hbond substituents is 1. The van der Waals surface area contributed by atoms with Crippen LogP contribution in [0.4, 0.5) is 21.5 Å². The maximum Gasteiger partial charge on any atom is 0.257 e. The van der Waals surface area contributed by atoms with Crippen molar-refractivity contribution in [2.75, 3.05) is 61.4 Å². The number of nitrogens with one attached hydrogen (secondary N) is 4. The van der Waals surface area contributed by atoms with E-state index < -0.39 is 23.0 Å². The molecule has 0 spiro atoms. The van der Waals surface area contributed by atoms with Crippen LogP contribution in [0.15, 0.2) is 97.2 Å². The predicted octanol–water partition coefficient (Wildman–Crippen LogP) is 5.46. The van der Waals surface area contributed by atoms with Gasteiger partial charge in [0.15, 0.2) is 6.61 Å². The summed E-state index contributed by atoms with van der Waals surface area (Å²) in [4.78, 5) is 71.1. The van der Waals surface area contributed by atoms with Crippen LogP contribution in [0.25, 0.3) is 10.9 Å². The van der Waals surface area contributed by atoms with Gasteiger partial charge >= 0.3 is 0 Å². The third-order valence-corrected chi connectivity index (χ3v) is 11.4. The van der Waals surface area contributed by atoms with Crippen LogP contribution in [0.3, 0.4) is 0 Å². The van der Waals surface area contributed by atoms with Crippen LogP contribution in [-0.2, 0) is 24.0 Å². The van der Waals surface area contributed by atoms with Crippen molar-refractivity contribution in [2.45, 2.75) is 38.0 Å². The van der Waals surface area contributed by atoms with Gasteiger partial charge in [-0.3, -0.25) is 39.2 Å². The fourth-order valence-electron chi connectivity index (χ4n) is 7.69. The first kappa shape index (κ1) is 41.7. The lowest BCUT2D eigenvalue weighted by Crippen LogP contribution is -2.47. The van der Waals surface area contributed by atoms with E-state index >= 15 is 0 Å². The summed E-state index contributed by atoms with van der Waals surface area (Å²) in [6, 6.07) is 24.4. The van der Waals surface area contributed by atoms with Crippen molar-refractivity contribution in [3.63, 3.8) is 0 Å². The molecule has 2 aliphatic heterocycles. The lowest BCUT2D eigenvalue weighted by atomic mass is 9.90. The van der Waals surface area contributed by atoms with Gasteiger partial charge in [-0.2, -0.15) is 0 Å². The van der Waals surface area contributed by atoms with E-state index in [9.17, 15) is 33.5 Å². The first-order valence-electron chi connectivity index (χ1n) is 20.6. The summed E-state index contributed by atoms with van der Waals surface area (Å²) in [5.41, 5.74) is 1.85. The number of fused-ring (bicyclic) bond motifs is 1. The number of piperidine rings is 1. The molecule has 3 aliphatic rings. The van der Waals surface area contributed by atoms with Crippen LogP contribution in [0, 0.1) is 11.2 Å². The molecule has 3 heterocycles. The second kappa shape index (κ2) is 18.3. The fraction of sp³-hybridized carbons (Fsp3) is 0.304. The van der Waals surface area contributed by atoms with Gasteiger partial charge in [-0.25, -0.2) is 4.39 Å². The van der Waals surface area contributed by atoms with E-state index in [1.165, 1.54) is 24.3 Å². The number of benzene rings is 4. The number of aromatic hydroxyl groups is 1. The van der Waals surface area contributed by atoms with Gasteiger partial charge in [0, 0.05) is 62.1 Å². The highest BCUT2D eigenvalue weighted by atomic mass is 19.1. The molecule has 1 atom stereocenters. The number of imide groups is 1. The zero-order chi connectivity index (χ0) is 43.2. The number of phenols is 1. The maximum absolute atomic E-state index is 13.3. The summed E-state index contributed by atoms with van der Waals surface area (Å²) in [6.45, 7) is 4.12. The summed E-state index contributed by atoms with van der Waals surface area (Å²) in [6.07, 6.45) is 3.99. The highest BCUT2D eigenvalue weighted by Gasteiger charge is 2.56. The minimum atomic E-state index is -1.19. The van der Waals surface area contributed by atoms with E-state index in [0.717, 1.165) is 31.6 Å². The molecule has 1 aromatic heterocycles. The van der Waals surface area contributed by atoms with Crippen LogP contribution in [-0.4, -0.2) is 90.4 Å². The van der Waals surface area contributed by atoms with Crippen LogP contribution < -0.4 is 35.6 Å². The average molecular weight is 844 g/mol. The molecule has 5 aromatic rings. The number of carbonyl (C=O) groups is 5. The Morgan fingerprint density at radius 2 is 1.52 bits per heavy atom. The van der Waals surface area contributed by atoms with Gasteiger partial charge in [-0.15, -0.1) is 0 Å². The van der Waals surface area contributed by atoms with Crippen molar-refractivity contribution in [1.82, 2.24) is 20.5 Å². The van der Waals surface area contributed by atoms with Gasteiger partial charge in [0.2, 0.25) is 23.6 Å². The maximum atomic E-state index is 13.3. The van der Waals surface area contributed by atoms with E-state index in [1.54, 1.807) is 66.9 Å². The molecule has 0 bridgehead atoms. The molecule has 4 aromatic carbocycles. The second-order valence-electron chi connectivity index (χ2n) is 15.7. The summed E-state index contributed by atoms with van der Waals surface area (Å²) in [5.74, 6) is -0.821. The predicted molar refractivity (Wildman–Crippen MR) is 229 cm³/mol. The molecule has 15 nitrogen and oxygen atoms in total. The number of nitrogens with zero attached hydrogens (tertiary/aromatic N) is 3. The Kier molecular flexibility index (Phi) is 12.3. The number of aromatic nitrogens is 1. The van der Waals surface area contributed by atoms with Crippen molar-refractivity contribution in [2.24, 2.45) is 5.41 Å². The second-order valence-corrected chi connectivity index (χ2v) is 15.7. The van der Waals surface area contributed by atoms with E-state index in [2.05, 4.69) is 36.1 Å². The molecule has 2 saturated heterocycles. The summed E-state index contributed by atoms with van der Waals surface area (Å²) in [7, 11) is 0. The number of hydrogen-bond acceptors (Lipinski definition) is 11. The standard InChI is InChI=1S/C46H46FN7O8/c47-30-4-6-31(7-5-30)50-44(59)46(17-18-46)45(60)51-32-8-12-34(13-9-32)62-40-16-20-48-37-27-38(39(55)26-36(37)40)54-24-22-53(23-25-54)21-1-19-49-42(57)28-61-33-10-2-29(3-11-33)35-14-15-41(56)52-43(35)58/h2-13,16,20,26-27,35,55H,1,14-15,17-19,21-25,28H2,(H,49,57)(H,50,59)(H,51,60)(H,52,56,58). The molecular weight excluding hydrogens is 798 g/mol. The number of carbonyl (C=O) groups excluding carboxylic acids is 5. The number of piperazine rings is 1. The third kappa shape index (κ3) is 9.76. The molecule has 16 heteroatoms. The summed E-state index contributed by atoms with van der Waals surface area (Å²) in [5, 5.41) is 22.6. The van der Waals surface area contributed by atoms with E-state index in [-0.39, 0.29) is 36.0 Å². The molecule has 1 aliphatic carbocycles. The zero-order valence-corrected chi connectivity index (χ0v) is 33.8. The minimum absolute atomic E-state index is 0.106. The van der Waals surface area contributed by atoms with Gasteiger partial charge in [0.25, 0.3) is 5.91 Å². The first-order valence-corrected chi connectivity index (χ1v) is 20.6. The highest BCUT2D eigenvalue weighted by Crippen LogP contribution is 2.47. The first-order chi connectivity index (χ1) is 30.0. The highest BCUT2D eigenvalue weighted by molar-refractivity contribution is 6.17. The summed E-state index contributed by atoms with van der Waals surface area (Å²) >= 11 is 0. The number of amides is 5. The molecule has 3 fully saturated rings. The number of hydrogen-bond donors (Lipinski definition) is 5. The summed E-state index contributed by atoms with van der Waals surface area (Å²) < 4.78 is 25.1. The number of ether oxygens (including phenoxy) is 2. The molecule has 8 rings (SSSR count). The lowest BCUT2D eigenvalue weighted by molar-refractivity contribution is -0.134. The normalized spacial score (nSPS) is 17.2. The molecule has 0 radical (unpaired) electrons. The molecule has 5 N–H and O–H groups in total. The van der Waals surface area contributed by atoms with Gasteiger partial charge in [-0.05, 0) is 117 Å². The van der Waals surface area contributed by atoms with Crippen molar-refractivity contribution < 1.29 is 42.9 Å². The van der Waals surface area contributed by atoms with Crippen molar-refractivity contribution >= 4 is 57.5 Å². The topological polar surface area (TPSA) is 192 Å². The van der Waals surface area contributed by atoms with Gasteiger partial charge in [-0.1, -0.05) is 12.1 Å². The Labute approximate surface area is 356 Å². The van der Waals surface area contributed by atoms with Gasteiger partial charge in [0.1, 0.15) is 34.2 Å². The molecule has 1 saturated carbocycles. The van der Waals surface area contributed by atoms with E-state index in [1.807, 2.05) is 6.07 Å². The van der Waals surface area contributed by atoms with E-state index in [0.29, 0.717) is 90.5 Å². The van der Waals surface area contributed by atoms with Crippen LogP contribution in [0.2, 0.25) is 0 Å². The Bertz CT molecular complexity index is 2470. The molecule has 5 amide bonds. The van der Waals surface area contributed by atoms with Crippen LogP contribution >= 0.6 is 0 Å².